The maximum atomic E-state index is 12.2. The van der Waals surface area contributed by atoms with Crippen LogP contribution in [-0.4, -0.2) is 44.3 Å². The number of morpholine rings is 1. The van der Waals surface area contributed by atoms with E-state index in [0.717, 1.165) is 5.69 Å². The van der Waals surface area contributed by atoms with Gasteiger partial charge in [0.1, 0.15) is 0 Å². The summed E-state index contributed by atoms with van der Waals surface area (Å²) in [4.78, 5) is 15.7. The van der Waals surface area contributed by atoms with Gasteiger partial charge in [0.05, 0.1) is 13.2 Å². The van der Waals surface area contributed by atoms with Gasteiger partial charge in [-0.05, 0) is 19.1 Å². The Morgan fingerprint density at radius 2 is 1.82 bits per heavy atom. The molecule has 0 aliphatic carbocycles. The van der Waals surface area contributed by atoms with Crippen LogP contribution < -0.4 is 4.90 Å². The Balaban J connectivity index is 2.05. The van der Waals surface area contributed by atoms with Gasteiger partial charge in [-0.1, -0.05) is 17.7 Å². The van der Waals surface area contributed by atoms with Gasteiger partial charge in [0.15, 0.2) is 0 Å². The fraction of sp³-hybridized carbons (Fsp3) is 0.462. The zero-order chi connectivity index (χ0) is 12.3. The molecular formula is C13H18N2O2. The number of benzene rings is 1. The van der Waals surface area contributed by atoms with Gasteiger partial charge in [-0.25, -0.2) is 4.79 Å². The lowest BCUT2D eigenvalue weighted by Gasteiger charge is -2.31. The van der Waals surface area contributed by atoms with Crippen LogP contribution in [0.25, 0.3) is 0 Å². The number of hydrogen-bond acceptors (Lipinski definition) is 2. The topological polar surface area (TPSA) is 32.8 Å². The average Bonchev–Trinajstić information content (AvgIpc) is 2.39. The molecule has 0 aromatic heterocycles. The third-order valence-corrected chi connectivity index (χ3v) is 2.99. The third-order valence-electron chi connectivity index (χ3n) is 2.99. The zero-order valence-corrected chi connectivity index (χ0v) is 10.3. The molecular weight excluding hydrogens is 216 g/mol. The van der Waals surface area contributed by atoms with Crippen molar-refractivity contribution in [2.24, 2.45) is 0 Å². The molecule has 1 aromatic carbocycles. The van der Waals surface area contributed by atoms with Gasteiger partial charge >= 0.3 is 6.03 Å². The molecule has 2 rings (SSSR count). The van der Waals surface area contributed by atoms with Crippen LogP contribution in [0.1, 0.15) is 5.56 Å². The lowest BCUT2D eigenvalue weighted by Crippen LogP contribution is -2.47. The number of hydrogen-bond donors (Lipinski definition) is 0. The first kappa shape index (κ1) is 11.9. The second kappa shape index (κ2) is 5.19. The Labute approximate surface area is 102 Å². The van der Waals surface area contributed by atoms with Crippen molar-refractivity contribution < 1.29 is 9.53 Å². The number of amides is 2. The molecule has 0 saturated carbocycles. The number of carbonyl (C=O) groups is 1. The number of ether oxygens (including phenoxy) is 1. The number of rotatable bonds is 1. The second-order valence-electron chi connectivity index (χ2n) is 4.28. The van der Waals surface area contributed by atoms with E-state index in [0.29, 0.717) is 26.3 Å². The van der Waals surface area contributed by atoms with E-state index in [1.165, 1.54) is 5.56 Å². The molecule has 1 aliphatic heterocycles. The molecule has 92 valence electrons. The first-order chi connectivity index (χ1) is 8.18. The minimum atomic E-state index is 0.0390. The highest BCUT2D eigenvalue weighted by molar-refractivity contribution is 5.91. The fourth-order valence-corrected chi connectivity index (χ4v) is 1.85. The van der Waals surface area contributed by atoms with Gasteiger partial charge in [0.25, 0.3) is 0 Å². The molecule has 1 aromatic rings. The van der Waals surface area contributed by atoms with Crippen LogP contribution in [0.2, 0.25) is 0 Å². The van der Waals surface area contributed by atoms with Crippen LogP contribution in [0, 0.1) is 6.92 Å². The van der Waals surface area contributed by atoms with Crippen molar-refractivity contribution in [3.05, 3.63) is 29.8 Å². The fourth-order valence-electron chi connectivity index (χ4n) is 1.85. The molecule has 1 saturated heterocycles. The largest absolute Gasteiger partial charge is 0.378 e. The Hall–Kier alpha value is -1.55. The molecule has 1 aliphatic rings. The van der Waals surface area contributed by atoms with Crippen molar-refractivity contribution in [2.45, 2.75) is 6.92 Å². The van der Waals surface area contributed by atoms with Gasteiger partial charge in [-0.15, -0.1) is 0 Å². The summed E-state index contributed by atoms with van der Waals surface area (Å²) in [6, 6.07) is 8.00. The summed E-state index contributed by atoms with van der Waals surface area (Å²) in [6.45, 7) is 4.65. The van der Waals surface area contributed by atoms with E-state index in [9.17, 15) is 4.79 Å². The average molecular weight is 234 g/mol. The maximum absolute atomic E-state index is 12.2. The highest BCUT2D eigenvalue weighted by Crippen LogP contribution is 2.15. The van der Waals surface area contributed by atoms with E-state index in [1.54, 1.807) is 4.90 Å². The van der Waals surface area contributed by atoms with Gasteiger partial charge in [-0.3, -0.25) is 4.90 Å². The molecule has 0 radical (unpaired) electrons. The summed E-state index contributed by atoms with van der Waals surface area (Å²) < 4.78 is 5.24. The molecule has 4 nitrogen and oxygen atoms in total. The molecule has 0 N–H and O–H groups in total. The number of aryl methyl sites for hydroxylation is 1. The molecule has 4 heteroatoms. The molecule has 0 unspecified atom stereocenters. The summed E-state index contributed by atoms with van der Waals surface area (Å²) in [5, 5.41) is 0. The molecule has 1 fully saturated rings. The SMILES string of the molecule is Cc1ccc(N(C)C(=O)N2CCOCC2)cc1. The number of urea groups is 1. The normalized spacial score (nSPS) is 15.8. The molecule has 0 bridgehead atoms. The highest BCUT2D eigenvalue weighted by Gasteiger charge is 2.20. The lowest BCUT2D eigenvalue weighted by atomic mass is 10.2. The predicted octanol–water partition coefficient (Wildman–Crippen LogP) is 1.88. The first-order valence-corrected chi connectivity index (χ1v) is 5.85. The molecule has 0 atom stereocenters. The van der Waals surface area contributed by atoms with Crippen LogP contribution in [0.3, 0.4) is 0 Å². The van der Waals surface area contributed by atoms with E-state index in [2.05, 4.69) is 0 Å². The molecule has 17 heavy (non-hydrogen) atoms. The van der Waals surface area contributed by atoms with Gasteiger partial charge in [0, 0.05) is 25.8 Å². The van der Waals surface area contributed by atoms with E-state index in [1.807, 2.05) is 43.1 Å². The van der Waals surface area contributed by atoms with Crippen molar-refractivity contribution >= 4 is 11.7 Å². The van der Waals surface area contributed by atoms with E-state index in [4.69, 9.17) is 4.74 Å². The summed E-state index contributed by atoms with van der Waals surface area (Å²) in [5.41, 5.74) is 2.12. The van der Waals surface area contributed by atoms with Crippen molar-refractivity contribution in [3.8, 4) is 0 Å². The van der Waals surface area contributed by atoms with Gasteiger partial charge in [-0.2, -0.15) is 0 Å². The summed E-state index contributed by atoms with van der Waals surface area (Å²) in [5.74, 6) is 0. The van der Waals surface area contributed by atoms with Crippen molar-refractivity contribution in [1.29, 1.82) is 0 Å². The van der Waals surface area contributed by atoms with Crippen LogP contribution in [0.15, 0.2) is 24.3 Å². The summed E-state index contributed by atoms with van der Waals surface area (Å²) >= 11 is 0. The van der Waals surface area contributed by atoms with Crippen LogP contribution >= 0.6 is 0 Å². The van der Waals surface area contributed by atoms with E-state index < -0.39 is 0 Å². The summed E-state index contributed by atoms with van der Waals surface area (Å²) in [7, 11) is 1.81. The third kappa shape index (κ3) is 2.77. The van der Waals surface area contributed by atoms with Crippen molar-refractivity contribution in [1.82, 2.24) is 4.90 Å². The minimum absolute atomic E-state index is 0.0390. The molecule has 2 amide bonds. The quantitative estimate of drug-likeness (QED) is 0.743. The smallest absolute Gasteiger partial charge is 0.324 e. The second-order valence-corrected chi connectivity index (χ2v) is 4.28. The number of anilines is 1. The number of nitrogens with zero attached hydrogens (tertiary/aromatic N) is 2. The van der Waals surface area contributed by atoms with Gasteiger partial charge < -0.3 is 9.64 Å². The Morgan fingerprint density at radius 1 is 1.24 bits per heavy atom. The van der Waals surface area contributed by atoms with Crippen molar-refractivity contribution in [2.75, 3.05) is 38.3 Å². The standard InChI is InChI=1S/C13H18N2O2/c1-11-3-5-12(6-4-11)14(2)13(16)15-7-9-17-10-8-15/h3-6H,7-10H2,1-2H3. The number of carbonyl (C=O) groups excluding carboxylic acids is 1. The minimum Gasteiger partial charge on any atom is -0.378 e. The Kier molecular flexibility index (Phi) is 3.64. The molecule has 0 spiro atoms. The first-order valence-electron chi connectivity index (χ1n) is 5.85. The lowest BCUT2D eigenvalue weighted by molar-refractivity contribution is 0.0551. The Bertz CT molecular complexity index is 383. The van der Waals surface area contributed by atoms with Crippen LogP contribution in [0.4, 0.5) is 10.5 Å². The highest BCUT2D eigenvalue weighted by atomic mass is 16.5. The van der Waals surface area contributed by atoms with Crippen LogP contribution in [0.5, 0.6) is 0 Å². The van der Waals surface area contributed by atoms with Gasteiger partial charge in [0.2, 0.25) is 0 Å². The van der Waals surface area contributed by atoms with Crippen molar-refractivity contribution in [3.63, 3.8) is 0 Å². The Morgan fingerprint density at radius 3 is 2.41 bits per heavy atom. The summed E-state index contributed by atoms with van der Waals surface area (Å²) in [6.07, 6.45) is 0. The van der Waals surface area contributed by atoms with Crippen LogP contribution in [-0.2, 0) is 4.74 Å². The predicted molar refractivity (Wildman–Crippen MR) is 67.4 cm³/mol. The monoisotopic (exact) mass is 234 g/mol. The maximum Gasteiger partial charge on any atom is 0.324 e. The zero-order valence-electron chi connectivity index (χ0n) is 10.3. The van der Waals surface area contributed by atoms with E-state index >= 15 is 0 Å². The van der Waals surface area contributed by atoms with E-state index in [-0.39, 0.29) is 6.03 Å². The molecule has 1 heterocycles.